The quantitative estimate of drug-likeness (QED) is 0.399. The van der Waals surface area contributed by atoms with Gasteiger partial charge in [0.1, 0.15) is 0 Å². The Morgan fingerprint density at radius 1 is 1.33 bits per heavy atom. The highest BCUT2D eigenvalue weighted by Crippen LogP contribution is 2.33. The average molecular weight is 256 g/mol. The van der Waals surface area contributed by atoms with Gasteiger partial charge < -0.3 is 14.2 Å². The van der Waals surface area contributed by atoms with Crippen LogP contribution in [0.4, 0.5) is 0 Å². The van der Waals surface area contributed by atoms with E-state index in [0.717, 1.165) is 19.4 Å². The van der Waals surface area contributed by atoms with Crippen molar-refractivity contribution in [1.29, 1.82) is 0 Å². The Kier molecular flexibility index (Phi) is 5.01. The minimum absolute atomic E-state index is 0.206. The molecule has 18 heavy (non-hydrogen) atoms. The summed E-state index contributed by atoms with van der Waals surface area (Å²) in [5.74, 6) is -0.206. The van der Waals surface area contributed by atoms with Crippen molar-refractivity contribution < 1.29 is 19.0 Å². The van der Waals surface area contributed by atoms with Crippen LogP contribution in [0.1, 0.15) is 51.9 Å². The first kappa shape index (κ1) is 13.8. The van der Waals surface area contributed by atoms with Gasteiger partial charge in [0.15, 0.2) is 5.60 Å². The van der Waals surface area contributed by atoms with Gasteiger partial charge in [-0.1, -0.05) is 19.3 Å². The maximum atomic E-state index is 11.6. The maximum absolute atomic E-state index is 11.6. The van der Waals surface area contributed by atoms with E-state index in [0.29, 0.717) is 19.3 Å². The molecule has 4 nitrogen and oxygen atoms in total. The largest absolute Gasteiger partial charge is 0.464 e. The summed E-state index contributed by atoms with van der Waals surface area (Å²) in [5.41, 5.74) is -0.633. The van der Waals surface area contributed by atoms with Gasteiger partial charge in [0.2, 0.25) is 0 Å². The van der Waals surface area contributed by atoms with Gasteiger partial charge in [0.25, 0.3) is 0 Å². The smallest absolute Gasteiger partial charge is 0.340 e. The molecule has 1 atom stereocenters. The topological polar surface area (TPSA) is 48.1 Å². The molecule has 2 aliphatic rings. The fraction of sp³-hybridized carbons (Fsp3) is 0.929. The summed E-state index contributed by atoms with van der Waals surface area (Å²) in [6.07, 6.45) is 8.35. The highest BCUT2D eigenvalue weighted by atomic mass is 16.6. The first-order chi connectivity index (χ1) is 8.77. The van der Waals surface area contributed by atoms with Crippen molar-refractivity contribution >= 4 is 5.97 Å². The van der Waals surface area contributed by atoms with E-state index in [-0.39, 0.29) is 5.97 Å². The maximum Gasteiger partial charge on any atom is 0.340 e. The Labute approximate surface area is 109 Å². The van der Waals surface area contributed by atoms with E-state index in [9.17, 15) is 4.79 Å². The zero-order chi connectivity index (χ0) is 12.8. The first-order valence-electron chi connectivity index (χ1n) is 7.19. The standard InChI is InChI=1S/C14H24O4/c1-2-16-13(15)14(11-18-14)9-6-10-17-12-7-4-3-5-8-12/h12H,2-11H2,1H3. The lowest BCUT2D eigenvalue weighted by Crippen LogP contribution is -2.28. The molecule has 104 valence electrons. The fourth-order valence-electron chi connectivity index (χ4n) is 2.55. The normalized spacial score (nSPS) is 28.1. The molecule has 1 aliphatic carbocycles. The van der Waals surface area contributed by atoms with E-state index < -0.39 is 5.60 Å². The Hall–Kier alpha value is -0.610. The molecule has 2 rings (SSSR count). The minimum atomic E-state index is -0.633. The number of hydrogen-bond acceptors (Lipinski definition) is 4. The van der Waals surface area contributed by atoms with Crippen molar-refractivity contribution in [2.45, 2.75) is 63.6 Å². The summed E-state index contributed by atoms with van der Waals surface area (Å²) >= 11 is 0. The highest BCUT2D eigenvalue weighted by molar-refractivity contribution is 5.82. The predicted octanol–water partition coefficient (Wildman–Crippen LogP) is 2.45. The Morgan fingerprint density at radius 2 is 2.06 bits per heavy atom. The zero-order valence-electron chi connectivity index (χ0n) is 11.3. The van der Waals surface area contributed by atoms with Gasteiger partial charge in [0.05, 0.1) is 19.3 Å². The predicted molar refractivity (Wildman–Crippen MR) is 67.4 cm³/mol. The highest BCUT2D eigenvalue weighted by Gasteiger charge is 2.53. The molecule has 1 heterocycles. The van der Waals surface area contributed by atoms with Crippen molar-refractivity contribution in [2.24, 2.45) is 0 Å². The Balaban J connectivity index is 1.59. The summed E-state index contributed by atoms with van der Waals surface area (Å²) in [5, 5.41) is 0. The number of ether oxygens (including phenoxy) is 3. The molecule has 0 aromatic heterocycles. The van der Waals surface area contributed by atoms with Gasteiger partial charge >= 0.3 is 5.97 Å². The number of hydrogen-bond donors (Lipinski definition) is 0. The molecule has 1 unspecified atom stereocenters. The molecule has 1 aliphatic heterocycles. The lowest BCUT2D eigenvalue weighted by atomic mass is 9.98. The molecule has 0 spiro atoms. The molecule has 0 radical (unpaired) electrons. The van der Waals surface area contributed by atoms with Gasteiger partial charge in [-0.2, -0.15) is 0 Å². The lowest BCUT2D eigenvalue weighted by Gasteiger charge is -2.22. The second kappa shape index (κ2) is 6.53. The van der Waals surface area contributed by atoms with Crippen molar-refractivity contribution in [3.05, 3.63) is 0 Å². The van der Waals surface area contributed by atoms with Crippen LogP contribution >= 0.6 is 0 Å². The average Bonchev–Trinajstić information content (AvgIpc) is 3.18. The monoisotopic (exact) mass is 256 g/mol. The summed E-state index contributed by atoms with van der Waals surface area (Å²) in [7, 11) is 0. The summed E-state index contributed by atoms with van der Waals surface area (Å²) < 4.78 is 16.1. The van der Waals surface area contributed by atoms with Crippen molar-refractivity contribution in [2.75, 3.05) is 19.8 Å². The molecule has 0 aromatic rings. The van der Waals surface area contributed by atoms with Crippen LogP contribution in [-0.2, 0) is 19.0 Å². The van der Waals surface area contributed by atoms with Crippen molar-refractivity contribution in [1.82, 2.24) is 0 Å². The van der Waals surface area contributed by atoms with Crippen molar-refractivity contribution in [3.8, 4) is 0 Å². The van der Waals surface area contributed by atoms with Gasteiger partial charge in [-0.25, -0.2) is 4.79 Å². The molecule has 4 heteroatoms. The molecule has 1 saturated heterocycles. The van der Waals surface area contributed by atoms with E-state index >= 15 is 0 Å². The van der Waals surface area contributed by atoms with E-state index in [1.54, 1.807) is 0 Å². The van der Waals surface area contributed by atoms with Crippen LogP contribution in [0.2, 0.25) is 0 Å². The summed E-state index contributed by atoms with van der Waals surface area (Å²) in [6, 6.07) is 0. The van der Waals surface area contributed by atoms with E-state index in [1.165, 1.54) is 32.1 Å². The number of carbonyl (C=O) groups excluding carboxylic acids is 1. The number of epoxide rings is 1. The van der Waals surface area contributed by atoms with Crippen LogP contribution in [0.3, 0.4) is 0 Å². The van der Waals surface area contributed by atoms with E-state index in [1.807, 2.05) is 6.92 Å². The van der Waals surface area contributed by atoms with Crippen LogP contribution < -0.4 is 0 Å². The molecule has 1 saturated carbocycles. The van der Waals surface area contributed by atoms with Gasteiger partial charge in [-0.3, -0.25) is 0 Å². The van der Waals surface area contributed by atoms with Crippen LogP contribution in [0, 0.1) is 0 Å². The third-order valence-corrected chi connectivity index (χ3v) is 3.77. The molecule has 0 N–H and O–H groups in total. The lowest BCUT2D eigenvalue weighted by molar-refractivity contribution is -0.149. The molecule has 2 fully saturated rings. The van der Waals surface area contributed by atoms with Crippen LogP contribution in [0.5, 0.6) is 0 Å². The number of carbonyl (C=O) groups is 1. The van der Waals surface area contributed by atoms with Crippen LogP contribution in [0.15, 0.2) is 0 Å². The van der Waals surface area contributed by atoms with Crippen LogP contribution in [0.25, 0.3) is 0 Å². The fourth-order valence-corrected chi connectivity index (χ4v) is 2.55. The Bertz CT molecular complexity index is 267. The molecule has 0 amide bonds. The molecular formula is C14H24O4. The molecule has 0 bridgehead atoms. The second-order valence-corrected chi connectivity index (χ2v) is 5.24. The zero-order valence-corrected chi connectivity index (χ0v) is 11.3. The van der Waals surface area contributed by atoms with Crippen molar-refractivity contribution in [3.63, 3.8) is 0 Å². The summed E-state index contributed by atoms with van der Waals surface area (Å²) in [6.45, 7) is 3.48. The first-order valence-corrected chi connectivity index (χ1v) is 7.19. The third kappa shape index (κ3) is 3.69. The van der Waals surface area contributed by atoms with E-state index in [2.05, 4.69) is 0 Å². The second-order valence-electron chi connectivity index (χ2n) is 5.24. The third-order valence-electron chi connectivity index (χ3n) is 3.77. The minimum Gasteiger partial charge on any atom is -0.464 e. The summed E-state index contributed by atoms with van der Waals surface area (Å²) in [4.78, 5) is 11.6. The SMILES string of the molecule is CCOC(=O)C1(CCCOC2CCCCC2)CO1. The van der Waals surface area contributed by atoms with Crippen LogP contribution in [-0.4, -0.2) is 37.5 Å². The number of rotatable bonds is 7. The van der Waals surface area contributed by atoms with Gasteiger partial charge in [-0.05, 0) is 32.6 Å². The van der Waals surface area contributed by atoms with Gasteiger partial charge in [-0.15, -0.1) is 0 Å². The molecular weight excluding hydrogens is 232 g/mol. The van der Waals surface area contributed by atoms with Gasteiger partial charge in [0, 0.05) is 6.61 Å². The Morgan fingerprint density at radius 3 is 2.67 bits per heavy atom. The number of esters is 1. The van der Waals surface area contributed by atoms with E-state index in [4.69, 9.17) is 14.2 Å². The molecule has 0 aromatic carbocycles.